The van der Waals surface area contributed by atoms with Crippen LogP contribution in [0.25, 0.3) is 33.8 Å². The molecule has 0 radical (unpaired) electrons. The number of fused-ring (bicyclic) bond motifs is 1. The number of alkyl halides is 3. The molecule has 0 unspecified atom stereocenters. The topological polar surface area (TPSA) is 106 Å². The van der Waals surface area contributed by atoms with Crippen LogP contribution in [0.1, 0.15) is 31.1 Å². The van der Waals surface area contributed by atoms with E-state index in [-0.39, 0.29) is 23.6 Å². The lowest BCUT2D eigenvalue weighted by Gasteiger charge is -2.15. The van der Waals surface area contributed by atoms with Crippen molar-refractivity contribution in [2.24, 2.45) is 0 Å². The number of ether oxygens (including phenoxy) is 2. The molecule has 0 saturated carbocycles. The van der Waals surface area contributed by atoms with Crippen molar-refractivity contribution in [3.8, 4) is 34.5 Å². The van der Waals surface area contributed by atoms with Gasteiger partial charge in [0.2, 0.25) is 11.8 Å². The molecule has 4 aromatic heterocycles. The lowest BCUT2D eigenvalue weighted by Crippen LogP contribution is -2.10. The Hall–Kier alpha value is -4.55. The molecule has 0 bridgehead atoms. The molecule has 13 heteroatoms. The van der Waals surface area contributed by atoms with Crippen molar-refractivity contribution in [3.05, 3.63) is 60.4 Å². The Labute approximate surface area is 215 Å². The van der Waals surface area contributed by atoms with Crippen LogP contribution in [0, 0.1) is 0 Å². The van der Waals surface area contributed by atoms with E-state index in [1.54, 1.807) is 36.1 Å². The highest BCUT2D eigenvalue weighted by Gasteiger charge is 2.34. The molecule has 5 rings (SSSR count). The van der Waals surface area contributed by atoms with Crippen molar-refractivity contribution < 1.29 is 22.6 Å². The van der Waals surface area contributed by atoms with Gasteiger partial charge in [-0.3, -0.25) is 0 Å². The normalized spacial score (nSPS) is 12.6. The van der Waals surface area contributed by atoms with E-state index in [1.807, 2.05) is 19.1 Å². The van der Waals surface area contributed by atoms with Gasteiger partial charge in [-0.05, 0) is 19.4 Å². The van der Waals surface area contributed by atoms with Crippen LogP contribution in [0.2, 0.25) is 0 Å². The number of imidazole rings is 1. The van der Waals surface area contributed by atoms with Crippen LogP contribution in [-0.4, -0.2) is 53.5 Å². The van der Waals surface area contributed by atoms with Crippen LogP contribution in [-0.2, 0) is 12.7 Å². The van der Waals surface area contributed by atoms with Crippen molar-refractivity contribution in [1.29, 1.82) is 0 Å². The Morgan fingerprint density at radius 2 is 1.63 bits per heavy atom. The monoisotopic (exact) mass is 524 g/mol. The van der Waals surface area contributed by atoms with Crippen LogP contribution >= 0.6 is 0 Å². The lowest BCUT2D eigenvalue weighted by atomic mass is 10.1. The van der Waals surface area contributed by atoms with E-state index >= 15 is 0 Å². The molecule has 0 fully saturated rings. The zero-order chi connectivity index (χ0) is 27.0. The molecule has 0 aliphatic heterocycles. The Morgan fingerprint density at radius 1 is 0.947 bits per heavy atom. The number of halogens is 3. The Kier molecular flexibility index (Phi) is 6.43. The fraction of sp³-hybridized carbons (Fsp3) is 0.280. The van der Waals surface area contributed by atoms with E-state index in [4.69, 9.17) is 14.5 Å². The van der Waals surface area contributed by atoms with Crippen molar-refractivity contribution in [2.45, 2.75) is 32.6 Å². The van der Waals surface area contributed by atoms with Gasteiger partial charge >= 0.3 is 6.18 Å². The Morgan fingerprint density at radius 3 is 2.24 bits per heavy atom. The first-order valence-corrected chi connectivity index (χ1v) is 11.6. The molecule has 0 amide bonds. The molecular formula is C25H23F3N8O2. The number of aromatic nitrogens is 8. The van der Waals surface area contributed by atoms with E-state index < -0.39 is 11.9 Å². The molecule has 10 nitrogen and oxygen atoms in total. The minimum absolute atomic E-state index is 0.253. The highest BCUT2D eigenvalue weighted by molar-refractivity contribution is 5.78. The first kappa shape index (κ1) is 25.1. The maximum Gasteiger partial charge on any atom is 0.434 e. The summed E-state index contributed by atoms with van der Waals surface area (Å²) in [4.78, 5) is 21.2. The minimum Gasteiger partial charge on any atom is -0.480 e. The second-order valence-corrected chi connectivity index (χ2v) is 8.36. The van der Waals surface area contributed by atoms with E-state index in [2.05, 4.69) is 25.0 Å². The summed E-state index contributed by atoms with van der Waals surface area (Å²) < 4.78 is 53.5. The van der Waals surface area contributed by atoms with Crippen molar-refractivity contribution in [3.63, 3.8) is 0 Å². The molecular weight excluding hydrogens is 501 g/mol. The number of nitrogens with zero attached hydrogens (tertiary/aromatic N) is 8. The van der Waals surface area contributed by atoms with Crippen molar-refractivity contribution in [2.75, 3.05) is 14.2 Å². The summed E-state index contributed by atoms with van der Waals surface area (Å²) in [7, 11) is 2.97. The van der Waals surface area contributed by atoms with Crippen LogP contribution in [0.5, 0.6) is 11.8 Å². The molecule has 0 spiro atoms. The molecule has 5 aromatic rings. The summed E-state index contributed by atoms with van der Waals surface area (Å²) in [6, 6.07) is 6.94. The molecule has 0 aliphatic rings. The van der Waals surface area contributed by atoms with Gasteiger partial charge < -0.3 is 14.0 Å². The average Bonchev–Trinajstić information content (AvgIpc) is 3.56. The fourth-order valence-electron chi connectivity index (χ4n) is 4.17. The number of aryl methyl sites for hydroxylation is 1. The van der Waals surface area contributed by atoms with Crippen LogP contribution in [0.4, 0.5) is 13.2 Å². The third kappa shape index (κ3) is 4.40. The van der Waals surface area contributed by atoms with E-state index in [0.29, 0.717) is 29.1 Å². The van der Waals surface area contributed by atoms with Gasteiger partial charge in [0, 0.05) is 24.5 Å². The highest BCUT2D eigenvalue weighted by atomic mass is 19.4. The van der Waals surface area contributed by atoms with Crippen molar-refractivity contribution >= 4 is 11.0 Å². The standard InChI is InChI=1S/C25H23F3N8O2/c1-5-35-12-18(25(26,27)28)33-21(35)16-8-6-15(7-9-16)14(2)36-22-17(11-32-36)10-29-20(34-22)19-23(37-3)30-13-31-24(19)38-4/h6-14H,5H2,1-4H3/t14-/m0/s1. The molecule has 38 heavy (non-hydrogen) atoms. The Balaban J connectivity index is 1.50. The van der Waals surface area contributed by atoms with Gasteiger partial charge in [-0.15, -0.1) is 0 Å². The van der Waals surface area contributed by atoms with Crippen LogP contribution in [0.3, 0.4) is 0 Å². The third-order valence-electron chi connectivity index (χ3n) is 6.15. The summed E-state index contributed by atoms with van der Waals surface area (Å²) in [6.45, 7) is 4.08. The van der Waals surface area contributed by atoms with Gasteiger partial charge in [-0.2, -0.15) is 18.3 Å². The van der Waals surface area contributed by atoms with Crippen molar-refractivity contribution in [1.82, 2.24) is 39.3 Å². The van der Waals surface area contributed by atoms with Gasteiger partial charge in [0.05, 0.1) is 31.8 Å². The predicted molar refractivity (Wildman–Crippen MR) is 132 cm³/mol. The maximum absolute atomic E-state index is 13.2. The molecule has 0 aliphatic carbocycles. The highest BCUT2D eigenvalue weighted by Crippen LogP contribution is 2.34. The summed E-state index contributed by atoms with van der Waals surface area (Å²) in [6.07, 6.45) is 1.15. The minimum atomic E-state index is -4.51. The molecule has 0 saturated heterocycles. The first-order chi connectivity index (χ1) is 18.2. The third-order valence-corrected chi connectivity index (χ3v) is 6.15. The smallest absolute Gasteiger partial charge is 0.434 e. The van der Waals surface area contributed by atoms with Crippen LogP contribution < -0.4 is 9.47 Å². The second-order valence-electron chi connectivity index (χ2n) is 8.36. The van der Waals surface area contributed by atoms with Gasteiger partial charge in [0.15, 0.2) is 17.2 Å². The number of benzene rings is 1. The quantitative estimate of drug-likeness (QED) is 0.299. The molecule has 1 aromatic carbocycles. The number of methoxy groups -OCH3 is 2. The first-order valence-electron chi connectivity index (χ1n) is 11.6. The fourth-order valence-corrected chi connectivity index (χ4v) is 4.17. The summed E-state index contributed by atoms with van der Waals surface area (Å²) >= 11 is 0. The number of hydrogen-bond acceptors (Lipinski definition) is 8. The molecule has 1 atom stereocenters. The number of rotatable bonds is 7. The molecule has 4 heterocycles. The Bertz CT molecular complexity index is 1570. The van der Waals surface area contributed by atoms with Gasteiger partial charge in [0.25, 0.3) is 0 Å². The molecule has 196 valence electrons. The largest absolute Gasteiger partial charge is 0.480 e. The summed E-state index contributed by atoms with van der Waals surface area (Å²) in [5.41, 5.74) is 1.52. The predicted octanol–water partition coefficient (Wildman–Crippen LogP) is 4.81. The second kappa shape index (κ2) is 9.72. The van der Waals surface area contributed by atoms with E-state index in [0.717, 1.165) is 17.1 Å². The lowest BCUT2D eigenvalue weighted by molar-refractivity contribution is -0.140. The van der Waals surface area contributed by atoms with Gasteiger partial charge in [-0.1, -0.05) is 24.3 Å². The van der Waals surface area contributed by atoms with Gasteiger partial charge in [-0.25, -0.2) is 29.6 Å². The average molecular weight is 525 g/mol. The van der Waals surface area contributed by atoms with Crippen LogP contribution in [0.15, 0.2) is 49.2 Å². The summed E-state index contributed by atoms with van der Waals surface area (Å²) in [5.74, 6) is 1.10. The maximum atomic E-state index is 13.2. The zero-order valence-corrected chi connectivity index (χ0v) is 20.9. The zero-order valence-electron chi connectivity index (χ0n) is 20.9. The molecule has 0 N–H and O–H groups in total. The SMILES string of the molecule is CCn1cc(C(F)(F)F)nc1-c1ccc([C@H](C)n2ncc3cnc(-c4c(OC)ncnc4OC)nc32)cc1. The van der Waals surface area contributed by atoms with Gasteiger partial charge in [0.1, 0.15) is 17.7 Å². The van der Waals surface area contributed by atoms with E-state index in [1.165, 1.54) is 25.1 Å². The summed E-state index contributed by atoms with van der Waals surface area (Å²) in [5, 5.41) is 5.23. The van der Waals surface area contributed by atoms with E-state index in [9.17, 15) is 13.2 Å². The number of hydrogen-bond donors (Lipinski definition) is 0.